The minimum Gasteiger partial charge on any atom is -0.462 e. The van der Waals surface area contributed by atoms with Gasteiger partial charge in [-0.25, -0.2) is 9.13 Å². The van der Waals surface area contributed by atoms with E-state index in [1.54, 1.807) is 0 Å². The van der Waals surface area contributed by atoms with Crippen LogP contribution >= 0.6 is 15.6 Å². The van der Waals surface area contributed by atoms with Crippen LogP contribution in [-0.4, -0.2) is 96.7 Å². The van der Waals surface area contributed by atoms with E-state index in [9.17, 15) is 43.2 Å². The van der Waals surface area contributed by atoms with Crippen molar-refractivity contribution in [3.05, 3.63) is 0 Å². The highest BCUT2D eigenvalue weighted by Crippen LogP contribution is 2.45. The van der Waals surface area contributed by atoms with E-state index in [-0.39, 0.29) is 25.7 Å². The second-order valence-electron chi connectivity index (χ2n) is 27.3. The summed E-state index contributed by atoms with van der Waals surface area (Å²) >= 11 is 0. The third kappa shape index (κ3) is 66.7. The van der Waals surface area contributed by atoms with Gasteiger partial charge in [-0.15, -0.1) is 0 Å². The predicted molar refractivity (Wildman–Crippen MR) is 372 cm³/mol. The molecule has 0 radical (unpaired) electrons. The molecular formula is C73H142O17P2. The van der Waals surface area contributed by atoms with E-state index in [1.165, 1.54) is 186 Å². The van der Waals surface area contributed by atoms with Gasteiger partial charge in [0, 0.05) is 25.7 Å². The summed E-state index contributed by atoms with van der Waals surface area (Å²) < 4.78 is 68.2. The van der Waals surface area contributed by atoms with E-state index in [4.69, 9.17) is 37.0 Å². The van der Waals surface area contributed by atoms with Crippen LogP contribution in [0.1, 0.15) is 375 Å². The molecule has 2 unspecified atom stereocenters. The maximum Gasteiger partial charge on any atom is 0.472 e. The number of phosphoric acid groups is 2. The van der Waals surface area contributed by atoms with Gasteiger partial charge < -0.3 is 33.8 Å². The molecule has 3 N–H and O–H groups in total. The molecule has 0 aliphatic heterocycles. The van der Waals surface area contributed by atoms with E-state index in [1.807, 2.05) is 0 Å². The van der Waals surface area contributed by atoms with Gasteiger partial charge in [-0.05, 0) is 37.5 Å². The maximum atomic E-state index is 13.0. The number of rotatable bonds is 72. The van der Waals surface area contributed by atoms with Crippen molar-refractivity contribution in [1.82, 2.24) is 0 Å². The first-order valence-electron chi connectivity index (χ1n) is 38.0. The molecule has 0 aliphatic rings. The van der Waals surface area contributed by atoms with Crippen LogP contribution < -0.4 is 0 Å². The fourth-order valence-electron chi connectivity index (χ4n) is 11.1. The van der Waals surface area contributed by atoms with Gasteiger partial charge in [-0.1, -0.05) is 324 Å². The smallest absolute Gasteiger partial charge is 0.462 e. The zero-order valence-corrected chi connectivity index (χ0v) is 61.6. The Morgan fingerprint density at radius 2 is 0.500 bits per heavy atom. The van der Waals surface area contributed by atoms with Crippen molar-refractivity contribution in [1.29, 1.82) is 0 Å². The van der Waals surface area contributed by atoms with E-state index in [0.717, 1.165) is 108 Å². The highest BCUT2D eigenvalue weighted by atomic mass is 31.2. The highest BCUT2D eigenvalue weighted by Gasteiger charge is 2.30. The molecule has 0 aromatic rings. The molecule has 0 bridgehead atoms. The first-order chi connectivity index (χ1) is 44.4. The molecule has 546 valence electrons. The van der Waals surface area contributed by atoms with Crippen LogP contribution in [0.4, 0.5) is 0 Å². The molecule has 0 aromatic heterocycles. The lowest BCUT2D eigenvalue weighted by Gasteiger charge is -2.21. The van der Waals surface area contributed by atoms with Gasteiger partial charge in [0.2, 0.25) is 0 Å². The number of aliphatic hydroxyl groups is 1. The summed E-state index contributed by atoms with van der Waals surface area (Å²) in [5.74, 6) is -0.549. The molecule has 17 nitrogen and oxygen atoms in total. The molecule has 0 aromatic carbocycles. The molecular weight excluding hydrogens is 1210 g/mol. The fourth-order valence-corrected chi connectivity index (χ4v) is 12.7. The molecule has 0 fully saturated rings. The van der Waals surface area contributed by atoms with Gasteiger partial charge in [0.25, 0.3) is 0 Å². The molecule has 0 amide bonds. The second kappa shape index (κ2) is 65.0. The second-order valence-corrected chi connectivity index (χ2v) is 30.2. The number of hydrogen-bond acceptors (Lipinski definition) is 15. The lowest BCUT2D eigenvalue weighted by Crippen LogP contribution is -2.30. The number of carbonyl (C=O) groups excluding carboxylic acids is 4. The third-order valence-corrected chi connectivity index (χ3v) is 18.9. The Morgan fingerprint density at radius 1 is 0.293 bits per heavy atom. The van der Waals surface area contributed by atoms with E-state index < -0.39 is 97.5 Å². The SMILES string of the molecule is CCCCCCCCCCCCCCCCC(=O)O[C@H](COC(=O)CCCCCCC)COP(=O)(O)OC[C@H](O)COP(=O)(O)OC[C@@H](COC(=O)CCCCCCCCCCCCCC(C)C)OC(=O)CCCCCCCCCCCCCCCCCCC(C)C. The Bertz CT molecular complexity index is 1790. The van der Waals surface area contributed by atoms with Gasteiger partial charge in [-0.2, -0.15) is 0 Å². The number of hydrogen-bond donors (Lipinski definition) is 3. The zero-order valence-electron chi connectivity index (χ0n) is 59.9. The van der Waals surface area contributed by atoms with Crippen molar-refractivity contribution in [3.8, 4) is 0 Å². The van der Waals surface area contributed by atoms with E-state index in [0.29, 0.717) is 25.7 Å². The molecule has 0 aliphatic carbocycles. The summed E-state index contributed by atoms with van der Waals surface area (Å²) in [5.41, 5.74) is 0. The van der Waals surface area contributed by atoms with Crippen LogP contribution in [0.3, 0.4) is 0 Å². The number of carbonyl (C=O) groups is 4. The molecule has 92 heavy (non-hydrogen) atoms. The Morgan fingerprint density at radius 3 is 0.739 bits per heavy atom. The summed E-state index contributed by atoms with van der Waals surface area (Å²) in [6.45, 7) is 9.53. The molecule has 0 saturated carbocycles. The molecule has 0 saturated heterocycles. The van der Waals surface area contributed by atoms with Crippen LogP contribution in [0.2, 0.25) is 0 Å². The maximum absolute atomic E-state index is 13.0. The summed E-state index contributed by atoms with van der Waals surface area (Å²) in [4.78, 5) is 72.4. The standard InChI is InChI=1S/C73H142O17P2/c1-7-9-11-13-14-15-16-17-23-28-34-39-45-51-57-72(77)89-68(61-83-70(75)55-49-41-12-10-8-2)63-87-91(79,80)85-59-67(74)60-86-92(81,82)88-64-69(62-84-71(76)56-50-44-38-33-30-25-27-32-37-43-48-54-66(5)6)90-73(78)58-52-46-40-35-29-24-21-19-18-20-22-26-31-36-42-47-53-65(3)4/h65-69,74H,7-64H2,1-6H3,(H,79,80)(H,81,82)/t67-,68+,69+/m0/s1. The van der Waals surface area contributed by atoms with Crippen molar-refractivity contribution in [2.75, 3.05) is 39.6 Å². The first kappa shape index (κ1) is 90.1. The van der Waals surface area contributed by atoms with Crippen molar-refractivity contribution >= 4 is 39.5 Å². The van der Waals surface area contributed by atoms with Crippen LogP contribution in [0, 0.1) is 11.8 Å². The van der Waals surface area contributed by atoms with Crippen molar-refractivity contribution in [2.45, 2.75) is 394 Å². The predicted octanol–water partition coefficient (Wildman–Crippen LogP) is 21.2. The molecule has 19 heteroatoms. The summed E-state index contributed by atoms with van der Waals surface area (Å²) in [6, 6.07) is 0. The third-order valence-electron chi connectivity index (χ3n) is 17.0. The zero-order chi connectivity index (χ0) is 67.9. The number of phosphoric ester groups is 2. The highest BCUT2D eigenvalue weighted by molar-refractivity contribution is 7.47. The summed E-state index contributed by atoms with van der Waals surface area (Å²) in [7, 11) is -9.90. The Hall–Kier alpha value is -1.94. The topological polar surface area (TPSA) is 237 Å². The Labute approximate surface area is 562 Å². The monoisotopic (exact) mass is 1350 g/mol. The number of aliphatic hydroxyl groups excluding tert-OH is 1. The fraction of sp³-hybridized carbons (Fsp3) is 0.945. The van der Waals surface area contributed by atoms with Gasteiger partial charge in [0.15, 0.2) is 12.2 Å². The average molecular weight is 1350 g/mol. The molecule has 0 spiro atoms. The lowest BCUT2D eigenvalue weighted by molar-refractivity contribution is -0.161. The van der Waals surface area contributed by atoms with E-state index in [2.05, 4.69) is 41.5 Å². The summed E-state index contributed by atoms with van der Waals surface area (Å²) in [6.07, 6.45) is 51.7. The van der Waals surface area contributed by atoms with Crippen molar-refractivity contribution < 1.29 is 80.2 Å². The van der Waals surface area contributed by atoms with Gasteiger partial charge in [0.05, 0.1) is 26.4 Å². The normalized spacial score (nSPS) is 14.1. The van der Waals surface area contributed by atoms with Crippen LogP contribution in [0.25, 0.3) is 0 Å². The molecule has 0 rings (SSSR count). The Kier molecular flexibility index (Phi) is 63.7. The molecule has 0 heterocycles. The van der Waals surface area contributed by atoms with Crippen molar-refractivity contribution in [3.63, 3.8) is 0 Å². The van der Waals surface area contributed by atoms with Crippen LogP contribution in [0.5, 0.6) is 0 Å². The Balaban J connectivity index is 5.14. The van der Waals surface area contributed by atoms with Crippen LogP contribution in [0.15, 0.2) is 0 Å². The number of esters is 4. The van der Waals surface area contributed by atoms with Gasteiger partial charge in [-0.3, -0.25) is 37.3 Å². The average Bonchev–Trinajstić information content (AvgIpc) is 2.02. The minimum absolute atomic E-state index is 0.107. The van der Waals surface area contributed by atoms with Crippen LogP contribution in [-0.2, 0) is 65.4 Å². The largest absolute Gasteiger partial charge is 0.472 e. The number of ether oxygens (including phenoxy) is 4. The first-order valence-corrected chi connectivity index (χ1v) is 41.0. The minimum atomic E-state index is -4.95. The molecule has 5 atom stereocenters. The summed E-state index contributed by atoms with van der Waals surface area (Å²) in [5, 5.41) is 10.6. The van der Waals surface area contributed by atoms with E-state index >= 15 is 0 Å². The van der Waals surface area contributed by atoms with Crippen molar-refractivity contribution in [2.24, 2.45) is 11.8 Å². The quantitative estimate of drug-likeness (QED) is 0.0222. The van der Waals surface area contributed by atoms with Gasteiger partial charge in [0.1, 0.15) is 19.3 Å². The van der Waals surface area contributed by atoms with Gasteiger partial charge >= 0.3 is 39.5 Å². The number of unbranched alkanes of at least 4 members (excludes halogenated alkanes) is 42. The lowest BCUT2D eigenvalue weighted by atomic mass is 10.0.